The third kappa shape index (κ3) is 2.11. The molecule has 3 unspecified atom stereocenters. The lowest BCUT2D eigenvalue weighted by molar-refractivity contribution is 0.157. The predicted octanol–water partition coefficient (Wildman–Crippen LogP) is 2.95. The SMILES string of the molecule is CNCC1(Cc2c(Cl)c(C)nn2C)CC2CCC1C2. The number of aromatic nitrogens is 2. The normalized spacial score (nSPS) is 33.3. The summed E-state index contributed by atoms with van der Waals surface area (Å²) in [5.74, 6) is 1.82. The molecule has 0 aromatic carbocycles. The standard InChI is InChI=1S/C15H24ClN3/c1-10-14(16)13(19(3)18-10)8-15(9-17-2)7-11-4-5-12(15)6-11/h11-12,17H,4-9H2,1-3H3. The maximum Gasteiger partial charge on any atom is 0.0847 e. The lowest BCUT2D eigenvalue weighted by Crippen LogP contribution is -2.39. The van der Waals surface area contributed by atoms with Crippen LogP contribution < -0.4 is 5.32 Å². The molecular formula is C15H24ClN3. The van der Waals surface area contributed by atoms with Crippen LogP contribution in [0.15, 0.2) is 0 Å². The fourth-order valence-corrected chi connectivity index (χ4v) is 4.84. The zero-order valence-electron chi connectivity index (χ0n) is 12.2. The zero-order valence-corrected chi connectivity index (χ0v) is 12.9. The minimum absolute atomic E-state index is 0.404. The molecule has 2 fully saturated rings. The maximum absolute atomic E-state index is 6.45. The molecule has 2 bridgehead atoms. The summed E-state index contributed by atoms with van der Waals surface area (Å²) in [6.45, 7) is 3.10. The van der Waals surface area contributed by atoms with E-state index in [-0.39, 0.29) is 0 Å². The largest absolute Gasteiger partial charge is 0.319 e. The van der Waals surface area contributed by atoms with Crippen molar-refractivity contribution in [2.45, 2.75) is 39.0 Å². The van der Waals surface area contributed by atoms with Crippen molar-refractivity contribution in [1.29, 1.82) is 0 Å². The molecule has 1 aromatic rings. The van der Waals surface area contributed by atoms with Crippen molar-refractivity contribution in [1.82, 2.24) is 15.1 Å². The number of hydrogen-bond acceptors (Lipinski definition) is 2. The summed E-state index contributed by atoms with van der Waals surface area (Å²) in [7, 11) is 4.10. The Kier molecular flexibility index (Phi) is 3.38. The summed E-state index contributed by atoms with van der Waals surface area (Å²) in [6, 6.07) is 0. The van der Waals surface area contributed by atoms with Crippen molar-refractivity contribution in [3.8, 4) is 0 Å². The molecule has 3 nitrogen and oxygen atoms in total. The molecule has 0 aliphatic heterocycles. The van der Waals surface area contributed by atoms with E-state index in [4.69, 9.17) is 11.6 Å². The van der Waals surface area contributed by atoms with Crippen molar-refractivity contribution < 1.29 is 0 Å². The van der Waals surface area contributed by atoms with Crippen LogP contribution in [0.5, 0.6) is 0 Å². The third-order valence-electron chi connectivity index (χ3n) is 5.41. The number of nitrogens with zero attached hydrogens (tertiary/aromatic N) is 2. The molecule has 19 heavy (non-hydrogen) atoms. The van der Waals surface area contributed by atoms with Gasteiger partial charge in [-0.1, -0.05) is 18.0 Å². The molecule has 0 saturated heterocycles. The van der Waals surface area contributed by atoms with Gasteiger partial charge in [0.1, 0.15) is 0 Å². The Morgan fingerprint density at radius 2 is 2.26 bits per heavy atom. The van der Waals surface area contributed by atoms with Gasteiger partial charge in [0.25, 0.3) is 0 Å². The van der Waals surface area contributed by atoms with Crippen LogP contribution in [-0.4, -0.2) is 23.4 Å². The molecule has 0 radical (unpaired) electrons. The lowest BCUT2D eigenvalue weighted by Gasteiger charge is -2.38. The molecule has 2 aliphatic rings. The first-order valence-corrected chi connectivity index (χ1v) is 7.76. The molecule has 1 N–H and O–H groups in total. The average molecular weight is 282 g/mol. The van der Waals surface area contributed by atoms with Crippen molar-refractivity contribution in [3.05, 3.63) is 16.4 Å². The smallest absolute Gasteiger partial charge is 0.0847 e. The van der Waals surface area contributed by atoms with Gasteiger partial charge in [0.15, 0.2) is 0 Å². The third-order valence-corrected chi connectivity index (χ3v) is 5.90. The Labute approximate surface area is 120 Å². The van der Waals surface area contributed by atoms with E-state index in [9.17, 15) is 0 Å². The number of halogens is 1. The van der Waals surface area contributed by atoms with Crippen LogP contribution in [0.1, 0.15) is 37.1 Å². The van der Waals surface area contributed by atoms with Crippen molar-refractivity contribution in [3.63, 3.8) is 0 Å². The van der Waals surface area contributed by atoms with E-state index in [1.165, 1.54) is 31.4 Å². The van der Waals surface area contributed by atoms with Crippen LogP contribution in [-0.2, 0) is 13.5 Å². The molecule has 2 saturated carbocycles. The van der Waals surface area contributed by atoms with Crippen molar-refractivity contribution in [2.24, 2.45) is 24.3 Å². The summed E-state index contributed by atoms with van der Waals surface area (Å²) in [4.78, 5) is 0. The summed E-state index contributed by atoms with van der Waals surface area (Å²) >= 11 is 6.45. The van der Waals surface area contributed by atoms with Gasteiger partial charge in [-0.25, -0.2) is 0 Å². The van der Waals surface area contributed by atoms with Gasteiger partial charge >= 0.3 is 0 Å². The monoisotopic (exact) mass is 281 g/mol. The minimum Gasteiger partial charge on any atom is -0.319 e. The van der Waals surface area contributed by atoms with Gasteiger partial charge in [-0.05, 0) is 56.9 Å². The fraction of sp³-hybridized carbons (Fsp3) is 0.800. The first-order chi connectivity index (χ1) is 9.05. The molecule has 3 rings (SSSR count). The molecule has 1 aromatic heterocycles. The van der Waals surface area contributed by atoms with E-state index in [1.807, 2.05) is 18.7 Å². The second-order valence-electron chi connectivity index (χ2n) is 6.62. The molecule has 4 heteroatoms. The van der Waals surface area contributed by atoms with E-state index < -0.39 is 0 Å². The lowest BCUT2D eigenvalue weighted by atomic mass is 9.70. The first-order valence-electron chi connectivity index (χ1n) is 7.38. The van der Waals surface area contributed by atoms with Crippen molar-refractivity contribution in [2.75, 3.05) is 13.6 Å². The van der Waals surface area contributed by atoms with Crippen LogP contribution in [0.25, 0.3) is 0 Å². The molecule has 1 heterocycles. The van der Waals surface area contributed by atoms with Gasteiger partial charge in [0.05, 0.1) is 16.4 Å². The van der Waals surface area contributed by atoms with Crippen LogP contribution >= 0.6 is 11.6 Å². The maximum atomic E-state index is 6.45. The highest BCUT2D eigenvalue weighted by Crippen LogP contribution is 2.57. The predicted molar refractivity (Wildman–Crippen MR) is 78.5 cm³/mol. The number of rotatable bonds is 4. The van der Waals surface area contributed by atoms with Gasteiger partial charge in [0.2, 0.25) is 0 Å². The number of nitrogens with one attached hydrogen (secondary N) is 1. The van der Waals surface area contributed by atoms with E-state index in [0.29, 0.717) is 5.41 Å². The Balaban J connectivity index is 1.90. The van der Waals surface area contributed by atoms with Gasteiger partial charge in [-0.2, -0.15) is 5.10 Å². The van der Waals surface area contributed by atoms with Crippen molar-refractivity contribution >= 4 is 11.6 Å². The molecule has 0 spiro atoms. The van der Waals surface area contributed by atoms with Crippen LogP contribution in [0.2, 0.25) is 5.02 Å². The Bertz CT molecular complexity index is 482. The van der Waals surface area contributed by atoms with E-state index >= 15 is 0 Å². The van der Waals surface area contributed by atoms with Crippen LogP contribution in [0.4, 0.5) is 0 Å². The number of hydrogen-bond donors (Lipinski definition) is 1. The summed E-state index contributed by atoms with van der Waals surface area (Å²) in [5.41, 5.74) is 2.59. The Morgan fingerprint density at radius 3 is 2.74 bits per heavy atom. The van der Waals surface area contributed by atoms with Gasteiger partial charge in [0, 0.05) is 13.6 Å². The van der Waals surface area contributed by atoms with E-state index in [2.05, 4.69) is 17.5 Å². The average Bonchev–Trinajstić information content (AvgIpc) is 3.01. The van der Waals surface area contributed by atoms with E-state index in [1.54, 1.807) is 0 Å². The quantitative estimate of drug-likeness (QED) is 0.920. The minimum atomic E-state index is 0.404. The zero-order chi connectivity index (χ0) is 13.6. The highest BCUT2D eigenvalue weighted by molar-refractivity contribution is 6.31. The summed E-state index contributed by atoms with van der Waals surface area (Å²) < 4.78 is 1.99. The van der Waals surface area contributed by atoms with Gasteiger partial charge in [-0.15, -0.1) is 0 Å². The van der Waals surface area contributed by atoms with Crippen LogP contribution in [0, 0.1) is 24.2 Å². The van der Waals surface area contributed by atoms with E-state index in [0.717, 1.165) is 35.5 Å². The Morgan fingerprint density at radius 1 is 1.47 bits per heavy atom. The number of fused-ring (bicyclic) bond motifs is 2. The second kappa shape index (κ2) is 4.78. The highest BCUT2D eigenvalue weighted by atomic mass is 35.5. The first kappa shape index (κ1) is 13.4. The Hall–Kier alpha value is -0.540. The highest BCUT2D eigenvalue weighted by Gasteiger charge is 2.50. The molecule has 3 atom stereocenters. The molecule has 0 amide bonds. The van der Waals surface area contributed by atoms with Gasteiger partial charge < -0.3 is 5.32 Å². The summed E-state index contributed by atoms with van der Waals surface area (Å²) in [6.07, 6.45) is 6.70. The molecule has 2 aliphatic carbocycles. The van der Waals surface area contributed by atoms with Gasteiger partial charge in [-0.3, -0.25) is 4.68 Å². The number of aryl methyl sites for hydroxylation is 2. The molecular weight excluding hydrogens is 258 g/mol. The fourth-order valence-electron chi connectivity index (χ4n) is 4.61. The second-order valence-corrected chi connectivity index (χ2v) is 7.00. The topological polar surface area (TPSA) is 29.9 Å². The van der Waals surface area contributed by atoms with Crippen LogP contribution in [0.3, 0.4) is 0 Å². The summed E-state index contributed by atoms with van der Waals surface area (Å²) in [5, 5.41) is 8.77. The molecule has 106 valence electrons.